The lowest BCUT2D eigenvalue weighted by Crippen LogP contribution is -2.24. The summed E-state index contributed by atoms with van der Waals surface area (Å²) in [5.74, 6) is -1.43. The highest BCUT2D eigenvalue weighted by Crippen LogP contribution is 2.28. The number of nitrogens with one attached hydrogen (secondary N) is 3. The van der Waals surface area contributed by atoms with E-state index in [0.29, 0.717) is 39.0 Å². The number of rotatable bonds is 12. The van der Waals surface area contributed by atoms with Crippen molar-refractivity contribution in [2.75, 3.05) is 31.0 Å². The second-order valence-corrected chi connectivity index (χ2v) is 9.01. The van der Waals surface area contributed by atoms with Crippen LogP contribution in [0.1, 0.15) is 29.3 Å². The van der Waals surface area contributed by atoms with Crippen LogP contribution in [-0.4, -0.2) is 50.2 Å². The van der Waals surface area contributed by atoms with Crippen molar-refractivity contribution in [2.24, 2.45) is 5.10 Å². The first kappa shape index (κ1) is 30.9. The van der Waals surface area contributed by atoms with Crippen LogP contribution in [0.3, 0.4) is 0 Å². The van der Waals surface area contributed by atoms with Crippen LogP contribution in [0.2, 0.25) is 10.0 Å². The summed E-state index contributed by atoms with van der Waals surface area (Å²) in [7, 11) is 1.43. The van der Waals surface area contributed by atoms with E-state index in [1.165, 1.54) is 25.5 Å². The highest BCUT2D eigenvalue weighted by Gasteiger charge is 2.12. The van der Waals surface area contributed by atoms with Crippen molar-refractivity contribution in [3.8, 4) is 11.5 Å². The molecular formula is C28H26Cl2N4O7. The Bertz CT molecular complexity index is 1450. The standard InChI is InChI=1S/C28H26Cl2N4O7/c1-3-40-28(38)18-5-7-19(8-6-18)32-27(37)16-41-23-11-4-17(12-24(23)39-2)15-31-34-26(36)14-25(35)33-20-9-10-21(29)22(30)13-20/h4-13,15H,3,14,16H2,1-2H3,(H,32,37)(H,33,35)(H,34,36). The Balaban J connectivity index is 1.47. The van der Waals surface area contributed by atoms with E-state index >= 15 is 0 Å². The number of benzene rings is 3. The first-order chi connectivity index (χ1) is 19.7. The maximum Gasteiger partial charge on any atom is 0.338 e. The topological polar surface area (TPSA) is 144 Å². The fourth-order valence-electron chi connectivity index (χ4n) is 3.27. The van der Waals surface area contributed by atoms with Crippen LogP contribution < -0.4 is 25.5 Å². The van der Waals surface area contributed by atoms with Crippen LogP contribution in [0, 0.1) is 0 Å². The summed E-state index contributed by atoms with van der Waals surface area (Å²) >= 11 is 11.8. The number of amides is 3. The number of ether oxygens (including phenoxy) is 3. The van der Waals surface area contributed by atoms with Crippen molar-refractivity contribution in [3.05, 3.63) is 81.8 Å². The van der Waals surface area contributed by atoms with Crippen LogP contribution in [0.15, 0.2) is 65.8 Å². The van der Waals surface area contributed by atoms with Gasteiger partial charge in [-0.15, -0.1) is 0 Å². The summed E-state index contributed by atoms with van der Waals surface area (Å²) in [5, 5.41) is 9.68. The first-order valence-electron chi connectivity index (χ1n) is 12.1. The van der Waals surface area contributed by atoms with Gasteiger partial charge in [0.05, 0.1) is 35.5 Å². The quantitative estimate of drug-likeness (QED) is 0.118. The molecule has 3 N–H and O–H groups in total. The van der Waals surface area contributed by atoms with E-state index in [0.717, 1.165) is 0 Å². The number of carbonyl (C=O) groups excluding carboxylic acids is 4. The third-order valence-corrected chi connectivity index (χ3v) is 5.89. The number of hydrogen-bond donors (Lipinski definition) is 3. The number of carbonyl (C=O) groups is 4. The van der Waals surface area contributed by atoms with Gasteiger partial charge in [0, 0.05) is 11.4 Å². The molecule has 41 heavy (non-hydrogen) atoms. The number of anilines is 2. The zero-order valence-corrected chi connectivity index (χ0v) is 23.5. The van der Waals surface area contributed by atoms with Gasteiger partial charge >= 0.3 is 5.97 Å². The van der Waals surface area contributed by atoms with Gasteiger partial charge in [0.25, 0.3) is 5.91 Å². The zero-order chi connectivity index (χ0) is 29.8. The summed E-state index contributed by atoms with van der Waals surface area (Å²) in [4.78, 5) is 48.2. The normalized spacial score (nSPS) is 10.5. The molecule has 0 aliphatic heterocycles. The molecule has 0 bridgehead atoms. The van der Waals surface area contributed by atoms with Crippen molar-refractivity contribution in [3.63, 3.8) is 0 Å². The third-order valence-electron chi connectivity index (χ3n) is 5.15. The summed E-state index contributed by atoms with van der Waals surface area (Å²) in [6, 6.07) is 15.6. The third kappa shape index (κ3) is 9.82. The Hall–Kier alpha value is -4.61. The molecule has 3 aromatic carbocycles. The second kappa shape index (κ2) is 15.2. The number of nitrogens with zero attached hydrogens (tertiary/aromatic N) is 1. The summed E-state index contributed by atoms with van der Waals surface area (Å²) in [6.45, 7) is 1.69. The molecule has 3 aromatic rings. The number of hydrogen-bond acceptors (Lipinski definition) is 8. The molecule has 0 saturated heterocycles. The predicted octanol–water partition coefficient (Wildman–Crippen LogP) is 4.68. The van der Waals surface area contributed by atoms with Gasteiger partial charge < -0.3 is 24.8 Å². The molecule has 0 heterocycles. The fourth-order valence-corrected chi connectivity index (χ4v) is 3.57. The van der Waals surface area contributed by atoms with E-state index in [9.17, 15) is 19.2 Å². The van der Waals surface area contributed by atoms with Gasteiger partial charge in [-0.05, 0) is 73.2 Å². The maximum atomic E-state index is 12.3. The summed E-state index contributed by atoms with van der Waals surface area (Å²) in [5.41, 5.74) is 4.09. The molecule has 0 fully saturated rings. The van der Waals surface area contributed by atoms with E-state index in [1.54, 1.807) is 55.5 Å². The van der Waals surface area contributed by atoms with Crippen molar-refractivity contribution in [1.29, 1.82) is 0 Å². The lowest BCUT2D eigenvalue weighted by Gasteiger charge is -2.11. The Morgan fingerprint density at radius 2 is 1.54 bits per heavy atom. The van der Waals surface area contributed by atoms with Gasteiger partial charge in [0.2, 0.25) is 11.8 Å². The Kier molecular flexibility index (Phi) is 11.5. The lowest BCUT2D eigenvalue weighted by atomic mass is 10.2. The van der Waals surface area contributed by atoms with Crippen molar-refractivity contribution < 1.29 is 33.4 Å². The molecule has 0 spiro atoms. The van der Waals surface area contributed by atoms with Crippen LogP contribution in [-0.2, 0) is 19.1 Å². The molecule has 0 atom stereocenters. The molecule has 3 rings (SSSR count). The molecular weight excluding hydrogens is 575 g/mol. The minimum atomic E-state index is -0.632. The van der Waals surface area contributed by atoms with E-state index < -0.39 is 30.1 Å². The van der Waals surface area contributed by atoms with Crippen molar-refractivity contribution in [1.82, 2.24) is 5.43 Å². The minimum Gasteiger partial charge on any atom is -0.493 e. The monoisotopic (exact) mass is 600 g/mol. The molecule has 214 valence electrons. The van der Waals surface area contributed by atoms with Crippen LogP contribution in [0.25, 0.3) is 0 Å². The van der Waals surface area contributed by atoms with Gasteiger partial charge in [0.1, 0.15) is 6.42 Å². The first-order valence-corrected chi connectivity index (χ1v) is 12.9. The van der Waals surface area contributed by atoms with E-state index in [1.807, 2.05) is 0 Å². The molecule has 0 aliphatic rings. The Morgan fingerprint density at radius 1 is 0.829 bits per heavy atom. The number of hydrazone groups is 1. The van der Waals surface area contributed by atoms with E-state index in [-0.39, 0.29) is 18.2 Å². The predicted molar refractivity (Wildman–Crippen MR) is 155 cm³/mol. The molecule has 0 saturated carbocycles. The SMILES string of the molecule is CCOC(=O)c1ccc(NC(=O)COc2ccc(C=NNC(=O)CC(=O)Nc3ccc(Cl)c(Cl)c3)cc2OC)cc1. The molecule has 0 radical (unpaired) electrons. The van der Waals surface area contributed by atoms with Crippen LogP contribution >= 0.6 is 23.2 Å². The Morgan fingerprint density at radius 3 is 2.22 bits per heavy atom. The van der Waals surface area contributed by atoms with Crippen LogP contribution in [0.4, 0.5) is 11.4 Å². The van der Waals surface area contributed by atoms with Gasteiger partial charge in [0.15, 0.2) is 18.1 Å². The van der Waals surface area contributed by atoms with Gasteiger partial charge in [-0.3, -0.25) is 14.4 Å². The maximum absolute atomic E-state index is 12.3. The average Bonchev–Trinajstić information content (AvgIpc) is 2.94. The summed E-state index contributed by atoms with van der Waals surface area (Å²) in [6.07, 6.45) is 0.888. The largest absolute Gasteiger partial charge is 0.493 e. The van der Waals surface area contributed by atoms with Gasteiger partial charge in [-0.25, -0.2) is 10.2 Å². The minimum absolute atomic E-state index is 0.269. The van der Waals surface area contributed by atoms with E-state index in [4.69, 9.17) is 37.4 Å². The second-order valence-electron chi connectivity index (χ2n) is 8.19. The number of methoxy groups -OCH3 is 1. The molecule has 0 unspecified atom stereocenters. The lowest BCUT2D eigenvalue weighted by molar-refractivity contribution is -0.126. The number of esters is 1. The average molecular weight is 601 g/mol. The summed E-state index contributed by atoms with van der Waals surface area (Å²) < 4.78 is 15.8. The molecule has 0 aliphatic carbocycles. The van der Waals surface area contributed by atoms with Crippen LogP contribution in [0.5, 0.6) is 11.5 Å². The van der Waals surface area contributed by atoms with Gasteiger partial charge in [-0.2, -0.15) is 5.10 Å². The van der Waals surface area contributed by atoms with Gasteiger partial charge in [-0.1, -0.05) is 23.2 Å². The highest BCUT2D eigenvalue weighted by molar-refractivity contribution is 6.42. The van der Waals surface area contributed by atoms with Crippen molar-refractivity contribution >= 4 is 64.5 Å². The smallest absolute Gasteiger partial charge is 0.338 e. The zero-order valence-electron chi connectivity index (χ0n) is 22.0. The van der Waals surface area contributed by atoms with Crippen molar-refractivity contribution in [2.45, 2.75) is 13.3 Å². The van der Waals surface area contributed by atoms with E-state index in [2.05, 4.69) is 21.2 Å². The highest BCUT2D eigenvalue weighted by atomic mass is 35.5. The molecule has 11 nitrogen and oxygen atoms in total. The fraction of sp³-hybridized carbons (Fsp3) is 0.179. The number of halogens is 2. The molecule has 0 aromatic heterocycles. The molecule has 3 amide bonds. The molecule has 13 heteroatoms. The Labute approximate surface area is 245 Å².